The summed E-state index contributed by atoms with van der Waals surface area (Å²) in [5.74, 6) is 0.835. The molecular weight excluding hydrogens is 376 g/mol. The van der Waals surface area contributed by atoms with Gasteiger partial charge in [0, 0.05) is 36.8 Å². The van der Waals surface area contributed by atoms with E-state index in [0.29, 0.717) is 30.2 Å². The molecule has 0 unspecified atom stereocenters. The van der Waals surface area contributed by atoms with Crippen molar-refractivity contribution in [2.45, 2.75) is 13.5 Å². The Labute approximate surface area is 168 Å². The van der Waals surface area contributed by atoms with Crippen molar-refractivity contribution in [1.82, 2.24) is 30.0 Å². The summed E-state index contributed by atoms with van der Waals surface area (Å²) < 4.78 is 1.77. The quantitative estimate of drug-likeness (QED) is 0.678. The van der Waals surface area contributed by atoms with E-state index in [0.717, 1.165) is 24.6 Å². The molecule has 0 bridgehead atoms. The third-order valence-corrected chi connectivity index (χ3v) is 5.18. The average Bonchev–Trinajstić information content (AvgIpc) is 3.17. The number of hydrogen-bond donors (Lipinski definition) is 0. The van der Waals surface area contributed by atoms with E-state index in [-0.39, 0.29) is 5.91 Å². The molecule has 3 aromatic rings. The number of carbonyl (C=O) groups is 1. The Balaban J connectivity index is 1.38. The number of aryl methyl sites for hydroxylation is 1. The second-order valence-corrected chi connectivity index (χ2v) is 7.35. The number of rotatable bonds is 4. The highest BCUT2D eigenvalue weighted by Gasteiger charge is 2.23. The van der Waals surface area contributed by atoms with Crippen LogP contribution in [0.3, 0.4) is 0 Å². The zero-order valence-corrected chi connectivity index (χ0v) is 16.4. The molecule has 1 saturated heterocycles. The van der Waals surface area contributed by atoms with E-state index in [1.54, 1.807) is 28.9 Å². The maximum Gasteiger partial charge on any atom is 0.253 e. The average molecular weight is 397 g/mol. The van der Waals surface area contributed by atoms with Crippen LogP contribution >= 0.6 is 11.6 Å². The van der Waals surface area contributed by atoms with Crippen LogP contribution in [-0.2, 0) is 6.54 Å². The fraction of sp³-hybridized carbons (Fsp3) is 0.300. The SMILES string of the molecule is Cc1ccc(-n2nnnc2CN2CCN(C(=O)c3ccc(Cl)cc3)CC2)cc1. The number of benzene rings is 2. The smallest absolute Gasteiger partial charge is 0.253 e. The van der Waals surface area contributed by atoms with Crippen molar-refractivity contribution in [3.63, 3.8) is 0 Å². The first kappa shape index (κ1) is 18.6. The lowest BCUT2D eigenvalue weighted by Crippen LogP contribution is -2.48. The molecule has 4 rings (SSSR count). The third kappa shape index (κ3) is 4.05. The minimum absolute atomic E-state index is 0.0424. The predicted octanol–water partition coefficient (Wildman–Crippen LogP) is 2.58. The van der Waals surface area contributed by atoms with Gasteiger partial charge in [0.15, 0.2) is 5.82 Å². The summed E-state index contributed by atoms with van der Waals surface area (Å²) in [6.45, 7) is 5.60. The van der Waals surface area contributed by atoms with Crippen molar-refractivity contribution in [1.29, 1.82) is 0 Å². The molecule has 0 aliphatic carbocycles. The molecule has 2 aromatic carbocycles. The first-order valence-corrected chi connectivity index (χ1v) is 9.59. The van der Waals surface area contributed by atoms with Crippen molar-refractivity contribution in [2.24, 2.45) is 0 Å². The van der Waals surface area contributed by atoms with E-state index < -0.39 is 0 Å². The van der Waals surface area contributed by atoms with Gasteiger partial charge in [-0.2, -0.15) is 4.68 Å². The van der Waals surface area contributed by atoms with Gasteiger partial charge in [0.1, 0.15) is 0 Å². The van der Waals surface area contributed by atoms with Crippen molar-refractivity contribution in [2.75, 3.05) is 26.2 Å². The van der Waals surface area contributed by atoms with Crippen LogP contribution < -0.4 is 0 Å². The lowest BCUT2D eigenvalue weighted by atomic mass is 10.2. The molecule has 1 fully saturated rings. The van der Waals surface area contributed by atoms with E-state index in [1.807, 2.05) is 29.2 Å². The normalized spacial score (nSPS) is 15.0. The topological polar surface area (TPSA) is 67.2 Å². The Bertz CT molecular complexity index is 946. The first-order chi connectivity index (χ1) is 13.6. The molecule has 1 aromatic heterocycles. The van der Waals surface area contributed by atoms with Gasteiger partial charge in [0.2, 0.25) is 0 Å². The van der Waals surface area contributed by atoms with Gasteiger partial charge in [-0.1, -0.05) is 29.3 Å². The van der Waals surface area contributed by atoms with Gasteiger partial charge in [-0.15, -0.1) is 5.10 Å². The minimum atomic E-state index is 0.0424. The molecule has 2 heterocycles. The molecule has 1 aliphatic heterocycles. The van der Waals surface area contributed by atoms with E-state index in [1.165, 1.54) is 5.56 Å². The summed E-state index contributed by atoms with van der Waals surface area (Å²) in [4.78, 5) is 16.8. The molecule has 7 nitrogen and oxygen atoms in total. The fourth-order valence-corrected chi connectivity index (χ4v) is 3.40. The van der Waals surface area contributed by atoms with Crippen LogP contribution in [0.25, 0.3) is 5.69 Å². The molecule has 144 valence electrons. The van der Waals surface area contributed by atoms with Crippen LogP contribution in [0.2, 0.25) is 5.02 Å². The second kappa shape index (κ2) is 8.08. The van der Waals surface area contributed by atoms with E-state index in [2.05, 4.69) is 27.3 Å². The van der Waals surface area contributed by atoms with Crippen LogP contribution in [0.15, 0.2) is 48.5 Å². The fourth-order valence-electron chi connectivity index (χ4n) is 3.27. The van der Waals surface area contributed by atoms with E-state index in [9.17, 15) is 4.79 Å². The zero-order valence-electron chi connectivity index (χ0n) is 15.6. The summed E-state index contributed by atoms with van der Waals surface area (Å²) >= 11 is 5.90. The number of tetrazole rings is 1. The largest absolute Gasteiger partial charge is 0.336 e. The van der Waals surface area contributed by atoms with Crippen molar-refractivity contribution < 1.29 is 4.79 Å². The summed E-state index contributed by atoms with van der Waals surface area (Å²) in [5.41, 5.74) is 2.81. The standard InChI is InChI=1S/C20H21ClN6O/c1-15-2-8-18(9-3-15)27-19(22-23-24-27)14-25-10-12-26(13-11-25)20(28)16-4-6-17(21)7-5-16/h2-9H,10-14H2,1H3. The summed E-state index contributed by atoms with van der Waals surface area (Å²) in [5, 5.41) is 12.8. The van der Waals surface area contributed by atoms with Crippen molar-refractivity contribution in [3.8, 4) is 5.69 Å². The molecule has 0 spiro atoms. The van der Waals surface area contributed by atoms with Crippen molar-refractivity contribution in [3.05, 3.63) is 70.5 Å². The van der Waals surface area contributed by atoms with Crippen LogP contribution in [0, 0.1) is 6.92 Å². The number of nitrogens with zero attached hydrogens (tertiary/aromatic N) is 6. The Morgan fingerprint density at radius 1 is 1.00 bits per heavy atom. The van der Waals surface area contributed by atoms with Gasteiger partial charge in [0.25, 0.3) is 5.91 Å². The molecule has 1 amide bonds. The Kier molecular flexibility index (Phi) is 5.36. The highest BCUT2D eigenvalue weighted by Crippen LogP contribution is 2.15. The summed E-state index contributed by atoms with van der Waals surface area (Å²) in [7, 11) is 0. The van der Waals surface area contributed by atoms with E-state index >= 15 is 0 Å². The van der Waals surface area contributed by atoms with Gasteiger partial charge in [-0.3, -0.25) is 9.69 Å². The highest BCUT2D eigenvalue weighted by atomic mass is 35.5. The van der Waals surface area contributed by atoms with Gasteiger partial charge in [-0.25, -0.2) is 0 Å². The molecule has 0 saturated carbocycles. The second-order valence-electron chi connectivity index (χ2n) is 6.92. The minimum Gasteiger partial charge on any atom is -0.336 e. The molecule has 1 aliphatic rings. The molecule has 8 heteroatoms. The number of piperazine rings is 1. The Morgan fingerprint density at radius 3 is 2.36 bits per heavy atom. The van der Waals surface area contributed by atoms with Crippen LogP contribution in [0.1, 0.15) is 21.7 Å². The number of aromatic nitrogens is 4. The number of halogens is 1. The number of amides is 1. The molecule has 0 atom stereocenters. The monoisotopic (exact) mass is 396 g/mol. The van der Waals surface area contributed by atoms with Crippen LogP contribution in [-0.4, -0.2) is 62.1 Å². The first-order valence-electron chi connectivity index (χ1n) is 9.21. The summed E-state index contributed by atoms with van der Waals surface area (Å²) in [6.07, 6.45) is 0. The van der Waals surface area contributed by atoms with E-state index in [4.69, 9.17) is 11.6 Å². The Morgan fingerprint density at radius 2 is 1.68 bits per heavy atom. The van der Waals surface area contributed by atoms with Crippen LogP contribution in [0.5, 0.6) is 0 Å². The number of hydrogen-bond acceptors (Lipinski definition) is 5. The molecule has 28 heavy (non-hydrogen) atoms. The molecular formula is C20H21ClN6O. The van der Waals surface area contributed by atoms with Gasteiger partial charge in [0.05, 0.1) is 12.2 Å². The van der Waals surface area contributed by atoms with Gasteiger partial charge < -0.3 is 4.90 Å². The zero-order chi connectivity index (χ0) is 19.5. The maximum atomic E-state index is 12.6. The van der Waals surface area contributed by atoms with Gasteiger partial charge >= 0.3 is 0 Å². The van der Waals surface area contributed by atoms with Crippen LogP contribution in [0.4, 0.5) is 0 Å². The molecule has 0 N–H and O–H groups in total. The third-order valence-electron chi connectivity index (χ3n) is 4.93. The highest BCUT2D eigenvalue weighted by molar-refractivity contribution is 6.30. The maximum absolute atomic E-state index is 12.6. The van der Waals surface area contributed by atoms with Gasteiger partial charge in [-0.05, 0) is 53.7 Å². The van der Waals surface area contributed by atoms with Crippen molar-refractivity contribution >= 4 is 17.5 Å². The predicted molar refractivity (Wildman–Crippen MR) is 107 cm³/mol. The summed E-state index contributed by atoms with van der Waals surface area (Å²) in [6, 6.07) is 15.1. The number of carbonyl (C=O) groups excluding carboxylic acids is 1. The molecule has 0 radical (unpaired) electrons. The Hall–Kier alpha value is -2.77. The lowest BCUT2D eigenvalue weighted by molar-refractivity contribution is 0.0624. The lowest BCUT2D eigenvalue weighted by Gasteiger charge is -2.34.